The number of rotatable bonds is 7. The molecule has 0 saturated heterocycles. The third kappa shape index (κ3) is 6.72. The van der Waals surface area contributed by atoms with Gasteiger partial charge in [-0.2, -0.15) is 0 Å². The fourth-order valence-electron chi connectivity index (χ4n) is 1.26. The highest BCUT2D eigenvalue weighted by Gasteiger charge is 2.16. The van der Waals surface area contributed by atoms with Crippen LogP contribution in [0, 0.1) is 0 Å². The van der Waals surface area contributed by atoms with E-state index < -0.39 is 12.0 Å². The number of hydrogen-bond acceptors (Lipinski definition) is 3. The SMILES string of the molecule is CCNC(=O)C(C)NC(=O)N(C)CCCC(=O)O. The highest BCUT2D eigenvalue weighted by atomic mass is 16.4. The second-order valence-electron chi connectivity index (χ2n) is 3.98. The van der Waals surface area contributed by atoms with Crippen LogP contribution in [0.5, 0.6) is 0 Å². The van der Waals surface area contributed by atoms with Gasteiger partial charge in [-0.05, 0) is 20.3 Å². The summed E-state index contributed by atoms with van der Waals surface area (Å²) < 4.78 is 0. The summed E-state index contributed by atoms with van der Waals surface area (Å²) in [5.41, 5.74) is 0. The summed E-state index contributed by atoms with van der Waals surface area (Å²) in [4.78, 5) is 34.7. The molecular formula is C11H21N3O4. The minimum atomic E-state index is -0.889. The Morgan fingerprint density at radius 3 is 2.44 bits per heavy atom. The monoisotopic (exact) mass is 259 g/mol. The minimum absolute atomic E-state index is 0.0174. The van der Waals surface area contributed by atoms with Crippen LogP contribution in [0.25, 0.3) is 0 Å². The number of carbonyl (C=O) groups is 3. The van der Waals surface area contributed by atoms with Gasteiger partial charge in [0.15, 0.2) is 0 Å². The molecule has 18 heavy (non-hydrogen) atoms. The topological polar surface area (TPSA) is 98.7 Å². The number of urea groups is 1. The molecule has 0 aromatic heterocycles. The Balaban J connectivity index is 3.99. The largest absolute Gasteiger partial charge is 0.481 e. The lowest BCUT2D eigenvalue weighted by Gasteiger charge is -2.20. The first-order chi connectivity index (χ1) is 8.38. The Morgan fingerprint density at radius 1 is 1.33 bits per heavy atom. The van der Waals surface area contributed by atoms with E-state index in [1.807, 2.05) is 0 Å². The van der Waals surface area contributed by atoms with E-state index in [1.54, 1.807) is 20.9 Å². The average molecular weight is 259 g/mol. The molecule has 0 saturated carbocycles. The van der Waals surface area contributed by atoms with E-state index >= 15 is 0 Å². The Hall–Kier alpha value is -1.79. The summed E-state index contributed by atoms with van der Waals surface area (Å²) in [5, 5.41) is 13.6. The highest BCUT2D eigenvalue weighted by Crippen LogP contribution is 1.94. The van der Waals surface area contributed by atoms with Gasteiger partial charge in [-0.25, -0.2) is 4.79 Å². The summed E-state index contributed by atoms with van der Waals surface area (Å²) in [6.07, 6.45) is 0.401. The molecule has 7 heteroatoms. The molecule has 0 heterocycles. The standard InChI is InChI=1S/C11H21N3O4/c1-4-12-10(17)8(2)13-11(18)14(3)7-5-6-9(15)16/h8H,4-7H2,1-3H3,(H,12,17)(H,13,18)(H,15,16). The first-order valence-corrected chi connectivity index (χ1v) is 5.89. The number of carbonyl (C=O) groups excluding carboxylic acids is 2. The number of amides is 3. The summed E-state index contributed by atoms with van der Waals surface area (Å²) in [6.45, 7) is 4.23. The van der Waals surface area contributed by atoms with Crippen molar-refractivity contribution in [2.75, 3.05) is 20.1 Å². The molecule has 0 aliphatic carbocycles. The predicted molar refractivity (Wildman–Crippen MR) is 66.2 cm³/mol. The van der Waals surface area contributed by atoms with Crippen LogP contribution < -0.4 is 10.6 Å². The molecule has 0 aliphatic rings. The van der Waals surface area contributed by atoms with Gasteiger partial charge >= 0.3 is 12.0 Å². The van der Waals surface area contributed by atoms with Crippen molar-refractivity contribution in [2.45, 2.75) is 32.7 Å². The molecule has 3 amide bonds. The zero-order valence-electron chi connectivity index (χ0n) is 11.0. The summed E-state index contributed by atoms with van der Waals surface area (Å²) >= 11 is 0. The molecule has 0 radical (unpaired) electrons. The van der Waals surface area contributed by atoms with Gasteiger partial charge in [0.2, 0.25) is 5.91 Å². The van der Waals surface area contributed by atoms with Gasteiger partial charge in [0, 0.05) is 26.6 Å². The summed E-state index contributed by atoms with van der Waals surface area (Å²) in [7, 11) is 1.56. The highest BCUT2D eigenvalue weighted by molar-refractivity contribution is 5.86. The Kier molecular flexibility index (Phi) is 7.50. The fourth-order valence-corrected chi connectivity index (χ4v) is 1.26. The third-order valence-electron chi connectivity index (χ3n) is 2.32. The van der Waals surface area contributed by atoms with Gasteiger partial charge in [0.05, 0.1) is 0 Å². The van der Waals surface area contributed by atoms with Crippen molar-refractivity contribution >= 4 is 17.9 Å². The second kappa shape index (κ2) is 8.32. The molecule has 0 rings (SSSR count). The molecule has 104 valence electrons. The number of carboxylic acid groups (broad SMARTS) is 1. The molecular weight excluding hydrogens is 238 g/mol. The normalized spacial score (nSPS) is 11.5. The molecule has 0 spiro atoms. The van der Waals surface area contributed by atoms with Crippen LogP contribution in [-0.4, -0.2) is 54.1 Å². The van der Waals surface area contributed by atoms with Crippen molar-refractivity contribution in [3.05, 3.63) is 0 Å². The van der Waals surface area contributed by atoms with Gasteiger partial charge in [0.1, 0.15) is 6.04 Å². The Bertz CT molecular complexity index is 307. The van der Waals surface area contributed by atoms with E-state index in [0.29, 0.717) is 19.5 Å². The molecule has 7 nitrogen and oxygen atoms in total. The number of likely N-dealkylation sites (N-methyl/N-ethyl adjacent to an activating group) is 1. The first-order valence-electron chi connectivity index (χ1n) is 5.89. The van der Waals surface area contributed by atoms with Crippen molar-refractivity contribution in [3.8, 4) is 0 Å². The minimum Gasteiger partial charge on any atom is -0.481 e. The number of carboxylic acids is 1. The van der Waals surface area contributed by atoms with E-state index in [0.717, 1.165) is 0 Å². The lowest BCUT2D eigenvalue weighted by Crippen LogP contribution is -2.49. The molecule has 0 fully saturated rings. The molecule has 3 N–H and O–H groups in total. The van der Waals surface area contributed by atoms with Crippen LogP contribution in [0.1, 0.15) is 26.7 Å². The average Bonchev–Trinajstić information content (AvgIpc) is 2.28. The van der Waals surface area contributed by atoms with Crippen LogP contribution in [0.15, 0.2) is 0 Å². The third-order valence-corrected chi connectivity index (χ3v) is 2.32. The van der Waals surface area contributed by atoms with Crippen molar-refractivity contribution in [1.82, 2.24) is 15.5 Å². The maximum atomic E-state index is 11.6. The zero-order chi connectivity index (χ0) is 14.1. The Labute approximate surface area is 107 Å². The molecule has 0 bridgehead atoms. The smallest absolute Gasteiger partial charge is 0.317 e. The van der Waals surface area contributed by atoms with Crippen molar-refractivity contribution in [3.63, 3.8) is 0 Å². The van der Waals surface area contributed by atoms with Gasteiger partial charge in [0.25, 0.3) is 0 Å². The summed E-state index contributed by atoms with van der Waals surface area (Å²) in [6, 6.07) is -1.00. The lowest BCUT2D eigenvalue weighted by molar-refractivity contribution is -0.137. The maximum absolute atomic E-state index is 11.6. The fraction of sp³-hybridized carbons (Fsp3) is 0.727. The molecule has 0 aliphatic heterocycles. The number of aliphatic carboxylic acids is 1. The first kappa shape index (κ1) is 16.2. The number of nitrogens with one attached hydrogen (secondary N) is 2. The molecule has 0 aromatic rings. The quantitative estimate of drug-likeness (QED) is 0.600. The second-order valence-corrected chi connectivity index (χ2v) is 3.98. The zero-order valence-corrected chi connectivity index (χ0v) is 11.0. The Morgan fingerprint density at radius 2 is 1.94 bits per heavy atom. The van der Waals surface area contributed by atoms with Gasteiger partial charge < -0.3 is 20.6 Å². The van der Waals surface area contributed by atoms with Crippen LogP contribution >= 0.6 is 0 Å². The van der Waals surface area contributed by atoms with Crippen LogP contribution in [-0.2, 0) is 9.59 Å². The maximum Gasteiger partial charge on any atom is 0.317 e. The van der Waals surface area contributed by atoms with E-state index in [4.69, 9.17) is 5.11 Å². The predicted octanol–water partition coefficient (Wildman–Crippen LogP) is 0.0172. The molecule has 1 atom stereocenters. The number of nitrogens with zero attached hydrogens (tertiary/aromatic N) is 1. The number of hydrogen-bond donors (Lipinski definition) is 3. The van der Waals surface area contributed by atoms with Crippen molar-refractivity contribution < 1.29 is 19.5 Å². The van der Waals surface area contributed by atoms with Crippen molar-refractivity contribution in [2.24, 2.45) is 0 Å². The van der Waals surface area contributed by atoms with E-state index in [1.165, 1.54) is 4.90 Å². The molecule has 1 unspecified atom stereocenters. The van der Waals surface area contributed by atoms with E-state index in [9.17, 15) is 14.4 Å². The van der Waals surface area contributed by atoms with Crippen LogP contribution in [0.3, 0.4) is 0 Å². The van der Waals surface area contributed by atoms with Crippen LogP contribution in [0.2, 0.25) is 0 Å². The van der Waals surface area contributed by atoms with Gasteiger partial charge in [-0.1, -0.05) is 0 Å². The van der Waals surface area contributed by atoms with Crippen molar-refractivity contribution in [1.29, 1.82) is 0 Å². The van der Waals surface area contributed by atoms with Crippen LogP contribution in [0.4, 0.5) is 4.79 Å². The summed E-state index contributed by atoms with van der Waals surface area (Å²) in [5.74, 6) is -1.13. The van der Waals surface area contributed by atoms with Gasteiger partial charge in [-0.15, -0.1) is 0 Å². The van der Waals surface area contributed by atoms with E-state index in [-0.39, 0.29) is 18.4 Å². The van der Waals surface area contributed by atoms with Gasteiger partial charge in [-0.3, -0.25) is 9.59 Å². The lowest BCUT2D eigenvalue weighted by atomic mass is 10.3. The molecule has 0 aromatic carbocycles. The van der Waals surface area contributed by atoms with E-state index in [2.05, 4.69) is 10.6 Å².